The second-order valence-corrected chi connectivity index (χ2v) is 5.10. The highest BCUT2D eigenvalue weighted by Crippen LogP contribution is 2.25. The molecule has 0 spiro atoms. The monoisotopic (exact) mass is 298 g/mol. The van der Waals surface area contributed by atoms with Gasteiger partial charge in [-0.1, -0.05) is 0 Å². The Kier molecular flexibility index (Phi) is 5.40. The molecule has 1 aromatic rings. The smallest absolute Gasteiger partial charge is 0.322 e. The summed E-state index contributed by atoms with van der Waals surface area (Å²) in [7, 11) is 1.48. The number of halogens is 1. The molecule has 0 aliphatic rings. The Balaban J connectivity index is 2.93. The van der Waals surface area contributed by atoms with Crippen LogP contribution in [0.2, 0.25) is 0 Å². The number of carboxylic acids is 1. The van der Waals surface area contributed by atoms with Crippen molar-refractivity contribution in [3.63, 3.8) is 0 Å². The molecular formula is C14H19FN2O4. The van der Waals surface area contributed by atoms with E-state index in [1.54, 1.807) is 13.8 Å². The molecule has 0 saturated carbocycles. The highest BCUT2D eigenvalue weighted by Gasteiger charge is 2.22. The molecule has 4 N–H and O–H groups in total. The van der Waals surface area contributed by atoms with Gasteiger partial charge < -0.3 is 20.9 Å². The number of carboxylic acid groups (broad SMARTS) is 1. The topological polar surface area (TPSA) is 102 Å². The number of hydrogen-bond acceptors (Lipinski definition) is 4. The van der Waals surface area contributed by atoms with Gasteiger partial charge in [0.25, 0.3) is 5.91 Å². The summed E-state index contributed by atoms with van der Waals surface area (Å²) in [5, 5.41) is 11.0. The third-order valence-corrected chi connectivity index (χ3v) is 3.17. The predicted octanol–water partition coefficient (Wildman–Crippen LogP) is 0.849. The second kappa shape index (κ2) is 6.64. The number of nitrogens with one attached hydrogen (secondary N) is 1. The Bertz CT molecular complexity index is 546. The minimum atomic E-state index is -1.23. The minimum absolute atomic E-state index is 0.0766. The normalized spacial score (nSPS) is 12.8. The van der Waals surface area contributed by atoms with Crippen LogP contribution in [0.5, 0.6) is 0 Å². The van der Waals surface area contributed by atoms with Gasteiger partial charge in [-0.15, -0.1) is 0 Å². The van der Waals surface area contributed by atoms with E-state index in [4.69, 9.17) is 15.6 Å². The summed E-state index contributed by atoms with van der Waals surface area (Å²) in [5.74, 6) is -2.40. The summed E-state index contributed by atoms with van der Waals surface area (Å²) in [5.41, 5.74) is 5.10. The zero-order valence-electron chi connectivity index (χ0n) is 12.1. The molecule has 0 bridgehead atoms. The Hall–Kier alpha value is -1.99. The highest BCUT2D eigenvalue weighted by molar-refractivity contribution is 5.94. The van der Waals surface area contributed by atoms with Gasteiger partial charge in [-0.2, -0.15) is 0 Å². The molecule has 0 aliphatic heterocycles. The molecule has 1 rings (SSSR count). The van der Waals surface area contributed by atoms with E-state index in [0.717, 1.165) is 6.07 Å². The molecule has 0 fully saturated rings. The van der Waals surface area contributed by atoms with Crippen molar-refractivity contribution >= 4 is 11.9 Å². The van der Waals surface area contributed by atoms with Gasteiger partial charge in [-0.3, -0.25) is 9.59 Å². The lowest BCUT2D eigenvalue weighted by atomic mass is 9.95. The maximum atomic E-state index is 13.6. The first-order valence-corrected chi connectivity index (χ1v) is 6.30. The summed E-state index contributed by atoms with van der Waals surface area (Å²) in [6.45, 7) is 3.24. The molecule has 0 unspecified atom stereocenters. The van der Waals surface area contributed by atoms with E-state index in [1.807, 2.05) is 0 Å². The molecule has 1 atom stereocenters. The average Bonchev–Trinajstić information content (AvgIpc) is 2.43. The number of carbonyl (C=O) groups excluding carboxylic acids is 1. The van der Waals surface area contributed by atoms with Gasteiger partial charge in [-0.25, -0.2) is 4.39 Å². The van der Waals surface area contributed by atoms with Crippen LogP contribution in [-0.4, -0.2) is 36.7 Å². The molecule has 0 radical (unpaired) electrons. The van der Waals surface area contributed by atoms with E-state index in [0.29, 0.717) is 5.56 Å². The fourth-order valence-electron chi connectivity index (χ4n) is 1.58. The number of rotatable bonds is 6. The van der Waals surface area contributed by atoms with Crippen molar-refractivity contribution in [2.45, 2.75) is 25.5 Å². The van der Waals surface area contributed by atoms with Crippen molar-refractivity contribution in [3.8, 4) is 0 Å². The number of nitrogens with two attached hydrogens (primary N) is 1. The van der Waals surface area contributed by atoms with Crippen molar-refractivity contribution in [2.24, 2.45) is 5.73 Å². The first-order chi connectivity index (χ1) is 9.67. The molecule has 0 aliphatic carbocycles. The number of hydrogen-bond donors (Lipinski definition) is 3. The third-order valence-electron chi connectivity index (χ3n) is 3.17. The van der Waals surface area contributed by atoms with Crippen LogP contribution in [0.3, 0.4) is 0 Å². The van der Waals surface area contributed by atoms with Crippen LogP contribution in [0, 0.1) is 5.82 Å². The lowest BCUT2D eigenvalue weighted by Crippen LogP contribution is -2.42. The lowest BCUT2D eigenvalue weighted by molar-refractivity contribution is -0.138. The molecule has 116 valence electrons. The van der Waals surface area contributed by atoms with Gasteiger partial charge in [0.05, 0.1) is 5.60 Å². The van der Waals surface area contributed by atoms with Crippen molar-refractivity contribution in [3.05, 3.63) is 35.1 Å². The van der Waals surface area contributed by atoms with Crippen molar-refractivity contribution in [1.82, 2.24) is 5.32 Å². The van der Waals surface area contributed by atoms with Crippen LogP contribution in [0.1, 0.15) is 29.8 Å². The SMILES string of the molecule is COC(C)(C)c1cc(F)cc(C(=O)NC[C@@H](N)C(=O)O)c1. The average molecular weight is 298 g/mol. The minimum Gasteiger partial charge on any atom is -0.480 e. The Morgan fingerprint density at radius 3 is 2.57 bits per heavy atom. The number of amides is 1. The second-order valence-electron chi connectivity index (χ2n) is 5.10. The first-order valence-electron chi connectivity index (χ1n) is 6.30. The van der Waals surface area contributed by atoms with Crippen LogP contribution >= 0.6 is 0 Å². The molecule has 0 heterocycles. The van der Waals surface area contributed by atoms with Crippen molar-refractivity contribution in [1.29, 1.82) is 0 Å². The first kappa shape index (κ1) is 17.1. The maximum absolute atomic E-state index is 13.6. The van der Waals surface area contributed by atoms with Gasteiger partial charge in [0.1, 0.15) is 11.9 Å². The molecular weight excluding hydrogens is 279 g/mol. The molecule has 7 heteroatoms. The van der Waals surface area contributed by atoms with Gasteiger partial charge in [0.2, 0.25) is 0 Å². The van der Waals surface area contributed by atoms with E-state index in [9.17, 15) is 14.0 Å². The fraction of sp³-hybridized carbons (Fsp3) is 0.429. The van der Waals surface area contributed by atoms with Crippen molar-refractivity contribution in [2.75, 3.05) is 13.7 Å². The largest absolute Gasteiger partial charge is 0.480 e. The zero-order valence-corrected chi connectivity index (χ0v) is 12.1. The van der Waals surface area contributed by atoms with E-state index in [-0.39, 0.29) is 12.1 Å². The summed E-state index contributed by atoms with van der Waals surface area (Å²) in [6, 6.07) is 2.63. The lowest BCUT2D eigenvalue weighted by Gasteiger charge is -2.24. The third kappa shape index (κ3) is 4.51. The van der Waals surface area contributed by atoms with Crippen LogP contribution in [0.25, 0.3) is 0 Å². The van der Waals surface area contributed by atoms with Crippen LogP contribution in [-0.2, 0) is 15.1 Å². The van der Waals surface area contributed by atoms with Gasteiger partial charge >= 0.3 is 5.97 Å². The van der Waals surface area contributed by atoms with E-state index >= 15 is 0 Å². The maximum Gasteiger partial charge on any atom is 0.322 e. The molecule has 6 nitrogen and oxygen atoms in total. The standard InChI is InChI=1S/C14H19FN2O4/c1-14(2,21-3)9-4-8(5-10(15)6-9)12(18)17-7-11(16)13(19)20/h4-6,11H,7,16H2,1-3H3,(H,17,18)(H,19,20)/t11-/m1/s1. The molecule has 1 aromatic carbocycles. The van der Waals surface area contributed by atoms with Crippen molar-refractivity contribution < 1.29 is 23.8 Å². The number of methoxy groups -OCH3 is 1. The Labute approximate surface area is 122 Å². The molecule has 1 amide bonds. The quantitative estimate of drug-likeness (QED) is 0.722. The zero-order chi connectivity index (χ0) is 16.2. The highest BCUT2D eigenvalue weighted by atomic mass is 19.1. The van der Waals surface area contributed by atoms with E-state index in [1.165, 1.54) is 19.2 Å². The van der Waals surface area contributed by atoms with Crippen LogP contribution in [0.4, 0.5) is 4.39 Å². The summed E-state index contributed by atoms with van der Waals surface area (Å²) >= 11 is 0. The fourth-order valence-corrected chi connectivity index (χ4v) is 1.58. The summed E-state index contributed by atoms with van der Waals surface area (Å²) < 4.78 is 18.9. The van der Waals surface area contributed by atoms with Crippen LogP contribution < -0.4 is 11.1 Å². The van der Waals surface area contributed by atoms with E-state index < -0.39 is 29.3 Å². The predicted molar refractivity (Wildman–Crippen MR) is 74.4 cm³/mol. The summed E-state index contributed by atoms with van der Waals surface area (Å²) in [6.07, 6.45) is 0. The van der Waals surface area contributed by atoms with Gasteiger partial charge in [0, 0.05) is 19.2 Å². The van der Waals surface area contributed by atoms with Gasteiger partial charge in [-0.05, 0) is 37.6 Å². The van der Waals surface area contributed by atoms with E-state index in [2.05, 4.69) is 5.32 Å². The molecule has 21 heavy (non-hydrogen) atoms. The molecule has 0 aromatic heterocycles. The number of ether oxygens (including phenoxy) is 1. The number of carbonyl (C=O) groups is 2. The van der Waals surface area contributed by atoms with Crippen LogP contribution in [0.15, 0.2) is 18.2 Å². The Morgan fingerprint density at radius 2 is 2.05 bits per heavy atom. The summed E-state index contributed by atoms with van der Waals surface area (Å²) in [4.78, 5) is 22.5. The molecule has 0 saturated heterocycles. The number of benzene rings is 1. The van der Waals surface area contributed by atoms with Gasteiger partial charge in [0.15, 0.2) is 0 Å². The number of aliphatic carboxylic acids is 1. The Morgan fingerprint density at radius 1 is 1.43 bits per heavy atom.